The smallest absolute Gasteiger partial charge is 0.135 e. The third-order valence-electron chi connectivity index (χ3n) is 10.3. The van der Waals surface area contributed by atoms with Crippen molar-refractivity contribution in [2.24, 2.45) is 0 Å². The van der Waals surface area contributed by atoms with Gasteiger partial charge in [-0.2, -0.15) is 0 Å². The standard InChI is InChI=1S/C49H34N2O/c1-33-15-22-40(23-16-33)51-46-13-7-5-11-42(46)44-31-37(21-29-47(44)51)36-19-26-39(27-20-36)50(38-24-17-35(18-25-38)34-9-3-2-4-10-34)41-28-30-49-45(32-41)43-12-6-8-14-48(43)52-49/h2-32H,1H3. The molecule has 0 N–H and O–H groups in total. The summed E-state index contributed by atoms with van der Waals surface area (Å²) in [4.78, 5) is 2.33. The van der Waals surface area contributed by atoms with Gasteiger partial charge in [0.05, 0.1) is 11.0 Å². The van der Waals surface area contributed by atoms with E-state index in [0.29, 0.717) is 0 Å². The maximum atomic E-state index is 6.20. The summed E-state index contributed by atoms with van der Waals surface area (Å²) < 4.78 is 8.57. The van der Waals surface area contributed by atoms with Crippen LogP contribution in [-0.2, 0) is 0 Å². The molecule has 10 rings (SSSR count). The molecule has 0 radical (unpaired) electrons. The summed E-state index contributed by atoms with van der Waals surface area (Å²) in [5.41, 5.74) is 14.6. The van der Waals surface area contributed by atoms with Crippen molar-refractivity contribution in [2.45, 2.75) is 6.92 Å². The molecule has 8 aromatic carbocycles. The van der Waals surface area contributed by atoms with E-state index in [9.17, 15) is 0 Å². The fraction of sp³-hybridized carbons (Fsp3) is 0.0204. The van der Waals surface area contributed by atoms with Crippen LogP contribution >= 0.6 is 0 Å². The summed E-state index contributed by atoms with van der Waals surface area (Å²) in [5, 5.41) is 4.73. The molecule has 0 aliphatic rings. The lowest BCUT2D eigenvalue weighted by Gasteiger charge is -2.26. The van der Waals surface area contributed by atoms with Gasteiger partial charge in [-0.05, 0) is 108 Å². The Hall–Kier alpha value is -6.84. The van der Waals surface area contributed by atoms with E-state index < -0.39 is 0 Å². The summed E-state index contributed by atoms with van der Waals surface area (Å²) in [6, 6.07) is 67.4. The quantitative estimate of drug-likeness (QED) is 0.176. The van der Waals surface area contributed by atoms with E-state index in [-0.39, 0.29) is 0 Å². The second kappa shape index (κ2) is 12.2. The van der Waals surface area contributed by atoms with Gasteiger partial charge in [0.2, 0.25) is 0 Å². The van der Waals surface area contributed by atoms with E-state index in [1.165, 1.54) is 55.3 Å². The molecule has 0 amide bonds. The van der Waals surface area contributed by atoms with Crippen molar-refractivity contribution in [1.29, 1.82) is 0 Å². The van der Waals surface area contributed by atoms with E-state index in [1.807, 2.05) is 12.1 Å². The normalized spacial score (nSPS) is 11.6. The van der Waals surface area contributed by atoms with Crippen LogP contribution in [0.2, 0.25) is 0 Å². The fourth-order valence-corrected chi connectivity index (χ4v) is 7.66. The molecule has 246 valence electrons. The number of hydrogen-bond donors (Lipinski definition) is 0. The summed E-state index contributed by atoms with van der Waals surface area (Å²) in [5.74, 6) is 0. The Morgan fingerprint density at radius 1 is 0.385 bits per heavy atom. The molecule has 0 fully saturated rings. The van der Waals surface area contributed by atoms with Crippen molar-refractivity contribution in [1.82, 2.24) is 4.57 Å². The van der Waals surface area contributed by atoms with E-state index in [2.05, 4.69) is 192 Å². The van der Waals surface area contributed by atoms with Crippen LogP contribution in [0.4, 0.5) is 17.1 Å². The minimum absolute atomic E-state index is 0.888. The molecular weight excluding hydrogens is 633 g/mol. The van der Waals surface area contributed by atoms with Gasteiger partial charge in [0, 0.05) is 44.3 Å². The van der Waals surface area contributed by atoms with Crippen LogP contribution in [0.1, 0.15) is 5.56 Å². The first kappa shape index (κ1) is 30.0. The van der Waals surface area contributed by atoms with Gasteiger partial charge in [0.1, 0.15) is 11.2 Å². The zero-order valence-electron chi connectivity index (χ0n) is 28.7. The SMILES string of the molecule is Cc1ccc(-n2c3ccccc3c3cc(-c4ccc(N(c5ccc(-c6ccccc6)cc5)c5ccc6oc7ccccc7c6c5)cc4)ccc32)cc1. The van der Waals surface area contributed by atoms with Crippen molar-refractivity contribution >= 4 is 60.8 Å². The number of hydrogen-bond acceptors (Lipinski definition) is 2. The predicted molar refractivity (Wildman–Crippen MR) is 218 cm³/mol. The lowest BCUT2D eigenvalue weighted by Crippen LogP contribution is -2.09. The second-order valence-corrected chi connectivity index (χ2v) is 13.5. The first-order valence-electron chi connectivity index (χ1n) is 17.8. The number of aryl methyl sites for hydroxylation is 1. The molecule has 0 saturated carbocycles. The maximum Gasteiger partial charge on any atom is 0.135 e. The fourth-order valence-electron chi connectivity index (χ4n) is 7.66. The van der Waals surface area contributed by atoms with Gasteiger partial charge in [0.25, 0.3) is 0 Å². The largest absolute Gasteiger partial charge is 0.456 e. The molecule has 0 unspecified atom stereocenters. The van der Waals surface area contributed by atoms with Gasteiger partial charge >= 0.3 is 0 Å². The monoisotopic (exact) mass is 666 g/mol. The summed E-state index contributed by atoms with van der Waals surface area (Å²) in [7, 11) is 0. The lowest BCUT2D eigenvalue weighted by atomic mass is 10.0. The van der Waals surface area contributed by atoms with E-state index in [1.54, 1.807) is 0 Å². The van der Waals surface area contributed by atoms with Crippen LogP contribution < -0.4 is 4.90 Å². The van der Waals surface area contributed by atoms with E-state index >= 15 is 0 Å². The van der Waals surface area contributed by atoms with Crippen LogP contribution in [0.3, 0.4) is 0 Å². The molecule has 0 atom stereocenters. The zero-order valence-corrected chi connectivity index (χ0v) is 28.7. The Bertz CT molecular complexity index is 2880. The first-order valence-corrected chi connectivity index (χ1v) is 17.8. The zero-order chi connectivity index (χ0) is 34.6. The van der Waals surface area contributed by atoms with Crippen LogP contribution in [0.15, 0.2) is 192 Å². The molecule has 0 aliphatic heterocycles. The Balaban J connectivity index is 1.07. The average molecular weight is 667 g/mol. The number of benzene rings is 8. The third kappa shape index (κ3) is 5.06. The van der Waals surface area contributed by atoms with E-state index in [4.69, 9.17) is 4.42 Å². The number of anilines is 3. The molecule has 52 heavy (non-hydrogen) atoms. The van der Waals surface area contributed by atoms with Gasteiger partial charge in [-0.15, -0.1) is 0 Å². The molecule has 3 heteroatoms. The van der Waals surface area contributed by atoms with Gasteiger partial charge in [-0.3, -0.25) is 0 Å². The highest BCUT2D eigenvalue weighted by Gasteiger charge is 2.17. The van der Waals surface area contributed by atoms with Crippen LogP contribution in [0, 0.1) is 6.92 Å². The highest BCUT2D eigenvalue weighted by Crippen LogP contribution is 2.41. The molecule has 0 aliphatic carbocycles. The predicted octanol–water partition coefficient (Wildman–Crippen LogP) is 13.8. The van der Waals surface area contributed by atoms with Crippen molar-refractivity contribution in [3.05, 3.63) is 194 Å². The number of furan rings is 1. The minimum Gasteiger partial charge on any atom is -0.456 e. The number of aromatic nitrogens is 1. The van der Waals surface area contributed by atoms with Crippen LogP contribution in [0.5, 0.6) is 0 Å². The molecule has 2 heterocycles. The van der Waals surface area contributed by atoms with Crippen molar-refractivity contribution < 1.29 is 4.42 Å². The molecule has 0 spiro atoms. The van der Waals surface area contributed by atoms with Gasteiger partial charge in [0.15, 0.2) is 0 Å². The Morgan fingerprint density at radius 3 is 1.69 bits per heavy atom. The number of para-hydroxylation sites is 2. The molecule has 0 bridgehead atoms. The molecular formula is C49H34N2O. The molecule has 3 nitrogen and oxygen atoms in total. The second-order valence-electron chi connectivity index (χ2n) is 13.5. The van der Waals surface area contributed by atoms with Crippen molar-refractivity contribution in [3.63, 3.8) is 0 Å². The van der Waals surface area contributed by atoms with Crippen molar-refractivity contribution in [3.8, 4) is 27.9 Å². The summed E-state index contributed by atoms with van der Waals surface area (Å²) in [6.07, 6.45) is 0. The van der Waals surface area contributed by atoms with Gasteiger partial charge in [-0.25, -0.2) is 0 Å². The minimum atomic E-state index is 0.888. The number of nitrogens with zero attached hydrogens (tertiary/aromatic N) is 2. The third-order valence-corrected chi connectivity index (χ3v) is 10.3. The topological polar surface area (TPSA) is 21.3 Å². The first-order chi connectivity index (χ1) is 25.7. The summed E-state index contributed by atoms with van der Waals surface area (Å²) in [6.45, 7) is 2.13. The maximum absolute atomic E-state index is 6.20. The van der Waals surface area contributed by atoms with Gasteiger partial charge < -0.3 is 13.9 Å². The lowest BCUT2D eigenvalue weighted by molar-refractivity contribution is 0.669. The average Bonchev–Trinajstić information content (AvgIpc) is 3.74. The Morgan fingerprint density at radius 2 is 0.942 bits per heavy atom. The van der Waals surface area contributed by atoms with Crippen LogP contribution in [0.25, 0.3) is 71.7 Å². The summed E-state index contributed by atoms with van der Waals surface area (Å²) >= 11 is 0. The molecule has 10 aromatic rings. The van der Waals surface area contributed by atoms with Crippen molar-refractivity contribution in [2.75, 3.05) is 4.90 Å². The molecule has 0 saturated heterocycles. The van der Waals surface area contributed by atoms with E-state index in [0.717, 1.165) is 39.0 Å². The Labute approximate surface area is 302 Å². The molecule has 2 aromatic heterocycles. The number of fused-ring (bicyclic) bond motifs is 6. The van der Waals surface area contributed by atoms with Gasteiger partial charge in [-0.1, -0.05) is 115 Å². The van der Waals surface area contributed by atoms with Crippen LogP contribution in [-0.4, -0.2) is 4.57 Å². The number of rotatable bonds is 6. The highest BCUT2D eigenvalue weighted by atomic mass is 16.3. The highest BCUT2D eigenvalue weighted by molar-refractivity contribution is 6.10. The Kier molecular flexibility index (Phi) is 7.04.